The van der Waals surface area contributed by atoms with Crippen molar-refractivity contribution in [1.29, 1.82) is 0 Å². The number of alkyl halides is 2. The summed E-state index contributed by atoms with van der Waals surface area (Å²) >= 11 is 0. The standard InChI is InChI=1S/C26H29F2N5O2/c1-15-19(7-6-8-22(15)26(4,27)28)16(2)31-23-21-13-20(18-9-11-33(12-10-18)17(3)34)25(35)32(5)24(21)30-14-29-23/h6-9,13-14,16H,10-12H2,1-5H3,(H,29,30,31)/t16-/m1/s1. The molecule has 35 heavy (non-hydrogen) atoms. The van der Waals surface area contributed by atoms with Crippen LogP contribution in [0.25, 0.3) is 16.6 Å². The van der Waals surface area contributed by atoms with Crippen molar-refractivity contribution >= 4 is 28.3 Å². The van der Waals surface area contributed by atoms with Crippen molar-refractivity contribution in [3.05, 3.63) is 69.3 Å². The van der Waals surface area contributed by atoms with Gasteiger partial charge in [-0.3, -0.25) is 14.2 Å². The van der Waals surface area contributed by atoms with Gasteiger partial charge >= 0.3 is 0 Å². The van der Waals surface area contributed by atoms with Crippen LogP contribution in [0.3, 0.4) is 0 Å². The minimum atomic E-state index is -2.94. The topological polar surface area (TPSA) is 80.1 Å². The van der Waals surface area contributed by atoms with Gasteiger partial charge in [-0.15, -0.1) is 0 Å². The summed E-state index contributed by atoms with van der Waals surface area (Å²) in [6.07, 6.45) is 3.86. The van der Waals surface area contributed by atoms with Crippen molar-refractivity contribution in [3.8, 4) is 0 Å². The number of carbonyl (C=O) groups is 1. The van der Waals surface area contributed by atoms with Gasteiger partial charge in [-0.1, -0.05) is 24.3 Å². The predicted octanol–water partition coefficient (Wildman–Crippen LogP) is 4.56. The number of hydrogen-bond donors (Lipinski definition) is 1. The zero-order valence-corrected chi connectivity index (χ0v) is 20.5. The molecule has 0 radical (unpaired) electrons. The molecule has 0 aliphatic carbocycles. The highest BCUT2D eigenvalue weighted by molar-refractivity contribution is 5.89. The lowest BCUT2D eigenvalue weighted by molar-refractivity contribution is -0.128. The van der Waals surface area contributed by atoms with Crippen molar-refractivity contribution in [3.63, 3.8) is 0 Å². The minimum absolute atomic E-state index is 0.000728. The van der Waals surface area contributed by atoms with Crippen molar-refractivity contribution in [2.75, 3.05) is 18.4 Å². The van der Waals surface area contributed by atoms with E-state index in [-0.39, 0.29) is 23.1 Å². The number of halogens is 2. The third kappa shape index (κ3) is 4.67. The molecular weight excluding hydrogens is 452 g/mol. The smallest absolute Gasteiger partial charge is 0.270 e. The number of hydrogen-bond acceptors (Lipinski definition) is 5. The van der Waals surface area contributed by atoms with Crippen LogP contribution in [0.1, 0.15) is 55.5 Å². The van der Waals surface area contributed by atoms with Crippen molar-refractivity contribution < 1.29 is 13.6 Å². The highest BCUT2D eigenvalue weighted by Crippen LogP contribution is 2.34. The van der Waals surface area contributed by atoms with E-state index in [1.807, 2.05) is 19.1 Å². The molecular formula is C26H29F2N5O2. The van der Waals surface area contributed by atoms with E-state index in [1.54, 1.807) is 31.0 Å². The molecule has 3 heterocycles. The number of amides is 1. The molecule has 1 atom stereocenters. The van der Waals surface area contributed by atoms with Gasteiger partial charge in [0.25, 0.3) is 11.5 Å². The van der Waals surface area contributed by atoms with E-state index in [4.69, 9.17) is 0 Å². The molecule has 2 aromatic heterocycles. The molecule has 4 rings (SSSR count). The van der Waals surface area contributed by atoms with Crippen molar-refractivity contribution in [1.82, 2.24) is 19.4 Å². The summed E-state index contributed by atoms with van der Waals surface area (Å²) in [5.74, 6) is -2.43. The highest BCUT2D eigenvalue weighted by atomic mass is 19.3. The number of nitrogens with one attached hydrogen (secondary N) is 1. The Morgan fingerprint density at radius 3 is 2.63 bits per heavy atom. The Labute approximate surface area is 202 Å². The first kappa shape index (κ1) is 24.5. The van der Waals surface area contributed by atoms with Gasteiger partial charge in [0.15, 0.2) is 0 Å². The van der Waals surface area contributed by atoms with Gasteiger partial charge in [-0.05, 0) is 43.0 Å². The second-order valence-electron chi connectivity index (χ2n) is 9.10. The van der Waals surface area contributed by atoms with E-state index in [2.05, 4.69) is 15.3 Å². The number of nitrogens with zero attached hydrogens (tertiary/aromatic N) is 4. The normalized spacial score (nSPS) is 15.2. The molecule has 1 amide bonds. The van der Waals surface area contributed by atoms with Gasteiger partial charge in [-0.2, -0.15) is 0 Å². The molecule has 1 aliphatic rings. The number of rotatable bonds is 5. The van der Waals surface area contributed by atoms with E-state index in [0.29, 0.717) is 47.5 Å². The number of benzene rings is 1. The first-order valence-electron chi connectivity index (χ1n) is 11.5. The number of anilines is 1. The SMILES string of the molecule is CC(=O)N1CC=C(c2cc3c(N[C@H](C)c4cccc(C(C)(F)F)c4C)ncnc3n(C)c2=O)CC1. The number of fused-ring (bicyclic) bond motifs is 1. The number of aromatic nitrogens is 3. The Morgan fingerprint density at radius 1 is 1.26 bits per heavy atom. The number of aryl methyl sites for hydroxylation is 1. The van der Waals surface area contributed by atoms with Gasteiger partial charge in [-0.25, -0.2) is 18.7 Å². The third-order valence-electron chi connectivity index (χ3n) is 6.67. The van der Waals surface area contributed by atoms with Crippen LogP contribution in [0, 0.1) is 6.92 Å². The molecule has 0 saturated carbocycles. The molecule has 0 fully saturated rings. The Morgan fingerprint density at radius 2 is 2.00 bits per heavy atom. The monoisotopic (exact) mass is 481 g/mol. The molecule has 0 bridgehead atoms. The summed E-state index contributed by atoms with van der Waals surface area (Å²) in [5, 5.41) is 3.99. The van der Waals surface area contributed by atoms with Crippen LogP contribution in [0.2, 0.25) is 0 Å². The first-order chi connectivity index (χ1) is 16.5. The minimum Gasteiger partial charge on any atom is -0.363 e. The van der Waals surface area contributed by atoms with E-state index < -0.39 is 5.92 Å². The summed E-state index contributed by atoms with van der Waals surface area (Å²) in [4.78, 5) is 35.2. The Bertz CT molecular complexity index is 1390. The largest absolute Gasteiger partial charge is 0.363 e. The lowest BCUT2D eigenvalue weighted by Gasteiger charge is -2.25. The third-order valence-corrected chi connectivity index (χ3v) is 6.67. The average Bonchev–Trinajstić information content (AvgIpc) is 2.81. The summed E-state index contributed by atoms with van der Waals surface area (Å²) in [7, 11) is 1.66. The second-order valence-corrected chi connectivity index (χ2v) is 9.10. The zero-order chi connectivity index (χ0) is 25.5. The van der Waals surface area contributed by atoms with Crippen LogP contribution in [0.4, 0.5) is 14.6 Å². The molecule has 9 heteroatoms. The van der Waals surface area contributed by atoms with E-state index in [1.165, 1.54) is 23.9 Å². The molecule has 7 nitrogen and oxygen atoms in total. The molecule has 0 saturated heterocycles. The molecule has 1 aliphatic heterocycles. The summed E-state index contributed by atoms with van der Waals surface area (Å²) < 4.78 is 29.6. The highest BCUT2D eigenvalue weighted by Gasteiger charge is 2.28. The fourth-order valence-corrected chi connectivity index (χ4v) is 4.70. The Balaban J connectivity index is 1.75. The van der Waals surface area contributed by atoms with Crippen LogP contribution in [-0.2, 0) is 17.8 Å². The van der Waals surface area contributed by atoms with E-state index >= 15 is 0 Å². The van der Waals surface area contributed by atoms with Crippen LogP contribution in [-0.4, -0.2) is 38.4 Å². The van der Waals surface area contributed by atoms with Crippen LogP contribution >= 0.6 is 0 Å². The zero-order valence-electron chi connectivity index (χ0n) is 20.5. The fraction of sp³-hybridized carbons (Fsp3) is 0.385. The van der Waals surface area contributed by atoms with E-state index in [0.717, 1.165) is 18.1 Å². The summed E-state index contributed by atoms with van der Waals surface area (Å²) in [6.45, 7) is 7.01. The van der Waals surface area contributed by atoms with Gasteiger partial charge in [0, 0.05) is 45.1 Å². The maximum atomic E-state index is 14.1. The van der Waals surface area contributed by atoms with Crippen molar-refractivity contribution in [2.45, 2.75) is 46.1 Å². The lowest BCUT2D eigenvalue weighted by atomic mass is 9.94. The van der Waals surface area contributed by atoms with Crippen molar-refractivity contribution in [2.24, 2.45) is 7.05 Å². The maximum Gasteiger partial charge on any atom is 0.270 e. The van der Waals surface area contributed by atoms with Gasteiger partial charge in [0.2, 0.25) is 5.91 Å². The number of carbonyl (C=O) groups excluding carboxylic acids is 1. The fourth-order valence-electron chi connectivity index (χ4n) is 4.70. The molecule has 3 aromatic rings. The quantitative estimate of drug-likeness (QED) is 0.578. The predicted molar refractivity (Wildman–Crippen MR) is 132 cm³/mol. The summed E-state index contributed by atoms with van der Waals surface area (Å²) in [5.41, 5.74) is 2.96. The Hall–Kier alpha value is -3.62. The van der Waals surface area contributed by atoms with Crippen LogP contribution in [0.15, 0.2) is 41.5 Å². The summed E-state index contributed by atoms with van der Waals surface area (Å²) in [6, 6.07) is 6.35. The molecule has 1 N–H and O–H groups in total. The maximum absolute atomic E-state index is 14.1. The van der Waals surface area contributed by atoms with E-state index in [9.17, 15) is 18.4 Å². The molecule has 0 spiro atoms. The molecule has 0 unspecified atom stereocenters. The average molecular weight is 482 g/mol. The first-order valence-corrected chi connectivity index (χ1v) is 11.5. The van der Waals surface area contributed by atoms with Crippen LogP contribution < -0.4 is 10.9 Å². The number of pyridine rings is 1. The Kier molecular flexibility index (Phi) is 6.44. The molecule has 1 aromatic carbocycles. The van der Waals surface area contributed by atoms with Crippen LogP contribution in [0.5, 0.6) is 0 Å². The van der Waals surface area contributed by atoms with Gasteiger partial charge in [0.05, 0.1) is 11.4 Å². The second kappa shape index (κ2) is 9.20. The molecule has 184 valence electrons. The van der Waals surface area contributed by atoms with Gasteiger partial charge < -0.3 is 10.2 Å². The lowest BCUT2D eigenvalue weighted by Crippen LogP contribution is -2.33. The van der Waals surface area contributed by atoms with Gasteiger partial charge in [0.1, 0.15) is 17.8 Å².